The summed E-state index contributed by atoms with van der Waals surface area (Å²) in [5.41, 5.74) is 0. The van der Waals surface area contributed by atoms with Gasteiger partial charge >= 0.3 is 0 Å². The lowest BCUT2D eigenvalue weighted by atomic mass is 10.1. The van der Waals surface area contributed by atoms with Gasteiger partial charge in [-0.15, -0.1) is 0 Å². The average Bonchev–Trinajstić information content (AvgIpc) is 2.88. The molecular formula is C14H22O. The van der Waals surface area contributed by atoms with E-state index in [1.807, 2.05) is 12.5 Å². The highest BCUT2D eigenvalue weighted by molar-refractivity contribution is 4.90. The summed E-state index contributed by atoms with van der Waals surface area (Å²) in [7, 11) is 0. The fraction of sp³-hybridized carbons (Fsp3) is 0.714. The normalized spacial score (nSPS) is 24.8. The summed E-state index contributed by atoms with van der Waals surface area (Å²) in [6.45, 7) is 0. The van der Waals surface area contributed by atoms with Crippen LogP contribution in [0.1, 0.15) is 51.4 Å². The third kappa shape index (κ3) is 3.73. The molecule has 0 radical (unpaired) electrons. The summed E-state index contributed by atoms with van der Waals surface area (Å²) in [5, 5.41) is 0. The van der Waals surface area contributed by atoms with E-state index < -0.39 is 0 Å². The predicted molar refractivity (Wildman–Crippen MR) is 63.3 cm³/mol. The van der Waals surface area contributed by atoms with Crippen molar-refractivity contribution in [2.75, 3.05) is 0 Å². The lowest BCUT2D eigenvalue weighted by Crippen LogP contribution is -1.87. The quantitative estimate of drug-likeness (QED) is 0.619. The SMILES string of the molecule is C(=CC1CCCC1)OC=CC1CCCC1. The van der Waals surface area contributed by atoms with Crippen LogP contribution in [0, 0.1) is 11.8 Å². The molecule has 0 aromatic carbocycles. The van der Waals surface area contributed by atoms with E-state index in [1.54, 1.807) is 0 Å². The van der Waals surface area contributed by atoms with Crippen molar-refractivity contribution in [3.63, 3.8) is 0 Å². The molecule has 0 unspecified atom stereocenters. The van der Waals surface area contributed by atoms with Crippen LogP contribution in [0.4, 0.5) is 0 Å². The summed E-state index contributed by atoms with van der Waals surface area (Å²) < 4.78 is 5.40. The van der Waals surface area contributed by atoms with Gasteiger partial charge in [-0.2, -0.15) is 0 Å². The van der Waals surface area contributed by atoms with Crippen LogP contribution in [-0.2, 0) is 4.74 Å². The van der Waals surface area contributed by atoms with Gasteiger partial charge in [0.15, 0.2) is 0 Å². The Bertz CT molecular complexity index is 193. The van der Waals surface area contributed by atoms with Crippen LogP contribution in [0.25, 0.3) is 0 Å². The van der Waals surface area contributed by atoms with E-state index in [9.17, 15) is 0 Å². The average molecular weight is 206 g/mol. The zero-order chi connectivity index (χ0) is 10.3. The van der Waals surface area contributed by atoms with Gasteiger partial charge in [0.2, 0.25) is 0 Å². The smallest absolute Gasteiger partial charge is 0.0864 e. The standard InChI is InChI=1S/C14H22O/c1-2-6-13(5-1)9-11-15-12-10-14-7-3-4-8-14/h9-14H,1-8H2. The Morgan fingerprint density at radius 1 is 0.667 bits per heavy atom. The lowest BCUT2D eigenvalue weighted by Gasteiger charge is -2.01. The monoisotopic (exact) mass is 206 g/mol. The zero-order valence-electron chi connectivity index (χ0n) is 9.53. The van der Waals surface area contributed by atoms with Crippen molar-refractivity contribution in [2.24, 2.45) is 11.8 Å². The summed E-state index contributed by atoms with van der Waals surface area (Å²) in [5.74, 6) is 1.56. The van der Waals surface area contributed by atoms with Crippen molar-refractivity contribution in [3.8, 4) is 0 Å². The van der Waals surface area contributed by atoms with Gasteiger partial charge in [-0.05, 0) is 49.7 Å². The number of hydrogen-bond donors (Lipinski definition) is 0. The van der Waals surface area contributed by atoms with Crippen molar-refractivity contribution in [3.05, 3.63) is 24.7 Å². The Hall–Kier alpha value is -0.720. The second-order valence-electron chi connectivity index (χ2n) is 4.88. The lowest BCUT2D eigenvalue weighted by molar-refractivity contribution is 0.391. The largest absolute Gasteiger partial charge is 0.473 e. The van der Waals surface area contributed by atoms with Crippen molar-refractivity contribution in [1.29, 1.82) is 0 Å². The molecule has 0 bridgehead atoms. The van der Waals surface area contributed by atoms with Gasteiger partial charge in [-0.25, -0.2) is 0 Å². The maximum Gasteiger partial charge on any atom is 0.0864 e. The van der Waals surface area contributed by atoms with Crippen LogP contribution in [0.5, 0.6) is 0 Å². The van der Waals surface area contributed by atoms with Gasteiger partial charge in [0.05, 0.1) is 12.5 Å². The second kappa shape index (κ2) is 5.99. The molecule has 2 saturated carbocycles. The highest BCUT2D eigenvalue weighted by Crippen LogP contribution is 2.26. The molecule has 0 N–H and O–H groups in total. The maximum absolute atomic E-state index is 5.40. The number of rotatable bonds is 4. The summed E-state index contributed by atoms with van der Waals surface area (Å²) in [6.07, 6.45) is 19.2. The minimum absolute atomic E-state index is 0.782. The Labute approximate surface area is 93.2 Å². The molecule has 1 nitrogen and oxygen atoms in total. The molecule has 0 aromatic rings. The maximum atomic E-state index is 5.40. The number of hydrogen-bond acceptors (Lipinski definition) is 1. The Kier molecular flexibility index (Phi) is 4.31. The van der Waals surface area contributed by atoms with E-state index in [4.69, 9.17) is 4.74 Å². The molecule has 2 fully saturated rings. The third-order valence-electron chi connectivity index (χ3n) is 3.66. The molecule has 2 aliphatic carbocycles. The summed E-state index contributed by atoms with van der Waals surface area (Å²) in [6, 6.07) is 0. The molecular weight excluding hydrogens is 184 g/mol. The fourth-order valence-corrected chi connectivity index (χ4v) is 2.66. The number of ether oxygens (including phenoxy) is 1. The van der Waals surface area contributed by atoms with Crippen LogP contribution in [0.2, 0.25) is 0 Å². The number of allylic oxidation sites excluding steroid dienone is 2. The fourth-order valence-electron chi connectivity index (χ4n) is 2.66. The van der Waals surface area contributed by atoms with E-state index in [-0.39, 0.29) is 0 Å². The van der Waals surface area contributed by atoms with Crippen LogP contribution >= 0.6 is 0 Å². The molecule has 1 heteroatoms. The molecule has 0 saturated heterocycles. The Morgan fingerprint density at radius 2 is 1.07 bits per heavy atom. The van der Waals surface area contributed by atoms with E-state index in [0.717, 1.165) is 11.8 Å². The van der Waals surface area contributed by atoms with Gasteiger partial charge in [0.1, 0.15) is 0 Å². The molecule has 0 spiro atoms. The molecule has 0 aromatic heterocycles. The first-order chi connectivity index (χ1) is 7.45. The highest BCUT2D eigenvalue weighted by atomic mass is 16.5. The highest BCUT2D eigenvalue weighted by Gasteiger charge is 2.12. The molecule has 0 aliphatic heterocycles. The van der Waals surface area contributed by atoms with E-state index >= 15 is 0 Å². The molecule has 84 valence electrons. The molecule has 0 atom stereocenters. The van der Waals surface area contributed by atoms with E-state index in [2.05, 4.69) is 12.2 Å². The topological polar surface area (TPSA) is 9.23 Å². The second-order valence-corrected chi connectivity index (χ2v) is 4.88. The summed E-state index contributed by atoms with van der Waals surface area (Å²) in [4.78, 5) is 0. The van der Waals surface area contributed by atoms with E-state index in [0.29, 0.717) is 0 Å². The molecule has 0 heterocycles. The van der Waals surface area contributed by atoms with Gasteiger partial charge in [-0.3, -0.25) is 0 Å². The minimum atomic E-state index is 0.782. The first-order valence-corrected chi connectivity index (χ1v) is 6.44. The molecule has 2 rings (SSSR count). The molecule has 2 aliphatic rings. The van der Waals surface area contributed by atoms with Crippen LogP contribution < -0.4 is 0 Å². The Morgan fingerprint density at radius 3 is 1.47 bits per heavy atom. The third-order valence-corrected chi connectivity index (χ3v) is 3.66. The van der Waals surface area contributed by atoms with Gasteiger partial charge in [0, 0.05) is 0 Å². The van der Waals surface area contributed by atoms with Crippen molar-refractivity contribution >= 4 is 0 Å². The van der Waals surface area contributed by atoms with Crippen LogP contribution in [0.15, 0.2) is 24.7 Å². The van der Waals surface area contributed by atoms with Gasteiger partial charge < -0.3 is 4.74 Å². The van der Waals surface area contributed by atoms with Crippen LogP contribution in [-0.4, -0.2) is 0 Å². The first-order valence-electron chi connectivity index (χ1n) is 6.44. The first kappa shape index (κ1) is 10.8. The van der Waals surface area contributed by atoms with Gasteiger partial charge in [-0.1, -0.05) is 25.7 Å². The zero-order valence-corrected chi connectivity index (χ0v) is 9.53. The minimum Gasteiger partial charge on any atom is -0.473 e. The summed E-state index contributed by atoms with van der Waals surface area (Å²) >= 11 is 0. The van der Waals surface area contributed by atoms with Gasteiger partial charge in [0.25, 0.3) is 0 Å². The van der Waals surface area contributed by atoms with E-state index in [1.165, 1.54) is 51.4 Å². The molecule has 15 heavy (non-hydrogen) atoms. The van der Waals surface area contributed by atoms with Crippen molar-refractivity contribution < 1.29 is 4.74 Å². The molecule has 0 amide bonds. The predicted octanol–water partition coefficient (Wildman–Crippen LogP) is 4.41. The van der Waals surface area contributed by atoms with Crippen LogP contribution in [0.3, 0.4) is 0 Å². The Balaban J connectivity index is 1.60. The van der Waals surface area contributed by atoms with Crippen molar-refractivity contribution in [2.45, 2.75) is 51.4 Å². The van der Waals surface area contributed by atoms with Crippen molar-refractivity contribution in [1.82, 2.24) is 0 Å².